The van der Waals surface area contributed by atoms with Crippen LogP contribution in [-0.4, -0.2) is 46.9 Å². The number of nitrogens with zero attached hydrogens (tertiary/aromatic N) is 4. The lowest BCUT2D eigenvalue weighted by Gasteiger charge is -2.35. The first kappa shape index (κ1) is 20.9. The van der Waals surface area contributed by atoms with Gasteiger partial charge < -0.3 is 14.2 Å². The van der Waals surface area contributed by atoms with Crippen molar-refractivity contribution in [2.24, 2.45) is 0 Å². The van der Waals surface area contributed by atoms with E-state index in [1.165, 1.54) is 6.07 Å². The molecular formula is C22H21ClN4O4. The zero-order valence-corrected chi connectivity index (χ0v) is 17.5. The van der Waals surface area contributed by atoms with E-state index < -0.39 is 4.92 Å². The number of halogens is 1. The van der Waals surface area contributed by atoms with Crippen LogP contribution < -0.4 is 4.90 Å². The molecule has 1 amide bonds. The predicted molar refractivity (Wildman–Crippen MR) is 117 cm³/mol. The van der Waals surface area contributed by atoms with Crippen molar-refractivity contribution in [3.63, 3.8) is 0 Å². The summed E-state index contributed by atoms with van der Waals surface area (Å²) in [6, 6.07) is 14.3. The Labute approximate surface area is 184 Å². The molecule has 0 unspecified atom stereocenters. The number of amides is 1. The molecule has 0 N–H and O–H groups in total. The van der Waals surface area contributed by atoms with Crippen molar-refractivity contribution >= 4 is 28.9 Å². The number of nitro benzene ring substituents is 1. The number of anilines is 1. The number of oxazole rings is 1. The van der Waals surface area contributed by atoms with E-state index in [4.69, 9.17) is 16.0 Å². The van der Waals surface area contributed by atoms with Crippen LogP contribution in [0.3, 0.4) is 0 Å². The molecule has 0 radical (unpaired) electrons. The highest BCUT2D eigenvalue weighted by Gasteiger charge is 2.26. The number of hydrogen-bond donors (Lipinski definition) is 0. The number of aromatic nitrogens is 1. The maximum Gasteiger partial charge on any atom is 0.294 e. The number of piperazine rings is 1. The van der Waals surface area contributed by atoms with Crippen molar-refractivity contribution < 1.29 is 14.1 Å². The fourth-order valence-electron chi connectivity index (χ4n) is 3.64. The molecule has 1 aliphatic heterocycles. The van der Waals surface area contributed by atoms with E-state index in [0.717, 1.165) is 5.56 Å². The van der Waals surface area contributed by atoms with E-state index in [9.17, 15) is 14.9 Å². The zero-order valence-electron chi connectivity index (χ0n) is 16.7. The first-order valence-corrected chi connectivity index (χ1v) is 10.4. The number of nitro groups is 1. The van der Waals surface area contributed by atoms with Gasteiger partial charge in [0.15, 0.2) is 11.7 Å². The average molecular weight is 441 g/mol. The van der Waals surface area contributed by atoms with Crippen LogP contribution in [0, 0.1) is 10.1 Å². The summed E-state index contributed by atoms with van der Waals surface area (Å²) in [5, 5.41) is 11.7. The predicted octanol–water partition coefficient (Wildman–Crippen LogP) is 4.18. The Kier molecular flexibility index (Phi) is 6.18. The normalized spacial score (nSPS) is 14.0. The van der Waals surface area contributed by atoms with E-state index >= 15 is 0 Å². The summed E-state index contributed by atoms with van der Waals surface area (Å²) < 4.78 is 5.76. The summed E-state index contributed by atoms with van der Waals surface area (Å²) in [5.41, 5.74) is 1.44. The molecule has 9 heteroatoms. The molecule has 0 atom stereocenters. The van der Waals surface area contributed by atoms with E-state index in [-0.39, 0.29) is 11.6 Å². The van der Waals surface area contributed by atoms with Crippen molar-refractivity contribution in [1.82, 2.24) is 9.88 Å². The third-order valence-corrected chi connectivity index (χ3v) is 5.51. The van der Waals surface area contributed by atoms with Crippen LogP contribution in [0.5, 0.6) is 0 Å². The molecular weight excluding hydrogens is 420 g/mol. The van der Waals surface area contributed by atoms with E-state index in [2.05, 4.69) is 4.98 Å². The van der Waals surface area contributed by atoms with Crippen LogP contribution in [0.2, 0.25) is 5.02 Å². The maximum absolute atomic E-state index is 12.6. The van der Waals surface area contributed by atoms with Crippen LogP contribution >= 0.6 is 11.6 Å². The second kappa shape index (κ2) is 9.18. The minimum atomic E-state index is -0.432. The second-order valence-electron chi connectivity index (χ2n) is 7.24. The largest absolute Gasteiger partial charge is 0.441 e. The van der Waals surface area contributed by atoms with Gasteiger partial charge in [0.25, 0.3) is 5.69 Å². The van der Waals surface area contributed by atoms with Crippen molar-refractivity contribution in [2.75, 3.05) is 31.1 Å². The number of aryl methyl sites for hydroxylation is 1. The quantitative estimate of drug-likeness (QED) is 0.421. The molecule has 4 rings (SSSR count). The van der Waals surface area contributed by atoms with Gasteiger partial charge in [-0.15, -0.1) is 0 Å². The van der Waals surface area contributed by atoms with Gasteiger partial charge in [-0.3, -0.25) is 14.9 Å². The third-order valence-electron chi connectivity index (χ3n) is 5.27. The topological polar surface area (TPSA) is 92.7 Å². The third kappa shape index (κ3) is 4.86. The van der Waals surface area contributed by atoms with E-state index in [1.54, 1.807) is 23.2 Å². The van der Waals surface area contributed by atoms with Crippen molar-refractivity contribution in [3.05, 3.63) is 75.8 Å². The Morgan fingerprint density at radius 3 is 2.58 bits per heavy atom. The van der Waals surface area contributed by atoms with E-state index in [1.807, 2.05) is 35.2 Å². The summed E-state index contributed by atoms with van der Waals surface area (Å²) in [7, 11) is 0. The first-order valence-electron chi connectivity index (χ1n) is 9.98. The van der Waals surface area contributed by atoms with Gasteiger partial charge in [-0.2, -0.15) is 0 Å². The van der Waals surface area contributed by atoms with Gasteiger partial charge in [-0.1, -0.05) is 41.9 Å². The number of hydrogen-bond acceptors (Lipinski definition) is 6. The molecule has 2 aromatic carbocycles. The van der Waals surface area contributed by atoms with Crippen LogP contribution in [0.15, 0.2) is 59.1 Å². The summed E-state index contributed by atoms with van der Waals surface area (Å²) in [6.07, 6.45) is 2.40. The Bertz CT molecular complexity index is 1080. The fourth-order valence-corrected chi connectivity index (χ4v) is 3.81. The van der Waals surface area contributed by atoms with Crippen LogP contribution in [-0.2, 0) is 11.2 Å². The number of benzene rings is 2. The molecule has 1 aromatic heterocycles. The van der Waals surface area contributed by atoms with Gasteiger partial charge in [0.2, 0.25) is 5.91 Å². The SMILES string of the molecule is O=C(CCc1ncc(-c2ccccc2)o1)N1CCN(c2ccc(Cl)cc2[N+](=O)[O-])CC1. The lowest BCUT2D eigenvalue weighted by molar-refractivity contribution is -0.384. The minimum Gasteiger partial charge on any atom is -0.441 e. The zero-order chi connectivity index (χ0) is 21.8. The maximum atomic E-state index is 12.6. The molecule has 1 saturated heterocycles. The summed E-state index contributed by atoms with van der Waals surface area (Å²) in [4.78, 5) is 31.5. The second-order valence-corrected chi connectivity index (χ2v) is 7.68. The molecule has 0 saturated carbocycles. The molecule has 3 aromatic rings. The Morgan fingerprint density at radius 1 is 1.13 bits per heavy atom. The molecule has 0 spiro atoms. The van der Waals surface area contributed by atoms with Gasteiger partial charge in [-0.05, 0) is 12.1 Å². The van der Waals surface area contributed by atoms with Gasteiger partial charge in [-0.25, -0.2) is 4.98 Å². The van der Waals surface area contributed by atoms with Crippen molar-refractivity contribution in [3.8, 4) is 11.3 Å². The summed E-state index contributed by atoms with van der Waals surface area (Å²) in [5.74, 6) is 1.23. The van der Waals surface area contributed by atoms with Crippen LogP contribution in [0.4, 0.5) is 11.4 Å². The average Bonchev–Trinajstić information content (AvgIpc) is 3.27. The molecule has 0 aliphatic carbocycles. The Balaban J connectivity index is 1.31. The molecule has 160 valence electrons. The van der Waals surface area contributed by atoms with Gasteiger partial charge >= 0.3 is 0 Å². The van der Waals surface area contributed by atoms with Gasteiger partial charge in [0.05, 0.1) is 11.1 Å². The summed E-state index contributed by atoms with van der Waals surface area (Å²) in [6.45, 7) is 2.04. The highest BCUT2D eigenvalue weighted by molar-refractivity contribution is 6.30. The van der Waals surface area contributed by atoms with Crippen molar-refractivity contribution in [2.45, 2.75) is 12.8 Å². The van der Waals surface area contributed by atoms with Crippen LogP contribution in [0.1, 0.15) is 12.3 Å². The fraction of sp³-hybridized carbons (Fsp3) is 0.273. The minimum absolute atomic E-state index is 0.0183. The Hall–Kier alpha value is -3.39. The smallest absolute Gasteiger partial charge is 0.294 e. The number of rotatable bonds is 6. The molecule has 31 heavy (non-hydrogen) atoms. The first-order chi connectivity index (χ1) is 15.0. The van der Waals surface area contributed by atoms with E-state index in [0.29, 0.717) is 61.4 Å². The lowest BCUT2D eigenvalue weighted by Crippen LogP contribution is -2.49. The van der Waals surface area contributed by atoms with Crippen molar-refractivity contribution in [1.29, 1.82) is 0 Å². The summed E-state index contributed by atoms with van der Waals surface area (Å²) >= 11 is 5.90. The highest BCUT2D eigenvalue weighted by atomic mass is 35.5. The number of carbonyl (C=O) groups excluding carboxylic acids is 1. The molecule has 1 aliphatic rings. The molecule has 8 nitrogen and oxygen atoms in total. The molecule has 2 heterocycles. The van der Waals surface area contributed by atoms with Gasteiger partial charge in [0, 0.05) is 55.7 Å². The van der Waals surface area contributed by atoms with Crippen LogP contribution in [0.25, 0.3) is 11.3 Å². The number of carbonyl (C=O) groups is 1. The monoisotopic (exact) mass is 440 g/mol. The van der Waals surface area contributed by atoms with Gasteiger partial charge in [0.1, 0.15) is 5.69 Å². The molecule has 0 bridgehead atoms. The Morgan fingerprint density at radius 2 is 1.87 bits per heavy atom. The molecule has 1 fully saturated rings. The lowest BCUT2D eigenvalue weighted by atomic mass is 10.2. The highest BCUT2D eigenvalue weighted by Crippen LogP contribution is 2.31. The standard InChI is InChI=1S/C22H21ClN4O4/c23-17-6-7-18(19(14-17)27(29)30)25-10-12-26(13-11-25)22(28)9-8-21-24-15-20(31-21)16-4-2-1-3-5-16/h1-7,14-15H,8-13H2.